The minimum Gasteiger partial charge on any atom is -0.394 e. The van der Waals surface area contributed by atoms with Crippen molar-refractivity contribution in [3.8, 4) is 0 Å². The maximum Gasteiger partial charge on any atom is 0.187 e. The Labute approximate surface area is 518 Å². The molecule has 0 aromatic rings. The lowest BCUT2D eigenvalue weighted by Gasteiger charge is -2.67. The highest BCUT2D eigenvalue weighted by atomic mass is 16.8. The highest BCUT2D eigenvalue weighted by Crippen LogP contribution is 2.75. The summed E-state index contributed by atoms with van der Waals surface area (Å²) in [4.78, 5) is 0. The lowest BCUT2D eigenvalue weighted by molar-refractivity contribution is -0.380. The highest BCUT2D eigenvalue weighted by molar-refractivity contribution is 5.32. The largest absolute Gasteiger partial charge is 0.394 e. The molecule has 0 radical (unpaired) electrons. The van der Waals surface area contributed by atoms with Gasteiger partial charge in [0.25, 0.3) is 0 Å². The maximum absolute atomic E-state index is 12.8. The van der Waals surface area contributed by atoms with Crippen LogP contribution in [-0.2, 0) is 47.4 Å². The smallest absolute Gasteiger partial charge is 0.187 e. The van der Waals surface area contributed by atoms with Crippen LogP contribution in [-0.4, -0.2) is 296 Å². The molecule has 0 amide bonds. The fraction of sp³-hybridized carbons (Fsp3) is 0.967. The maximum atomic E-state index is 12.8. The van der Waals surface area contributed by atoms with Crippen molar-refractivity contribution in [3.05, 3.63) is 11.6 Å². The molecule has 35 atom stereocenters. The van der Waals surface area contributed by atoms with Crippen molar-refractivity contribution in [2.24, 2.45) is 51.2 Å². The van der Waals surface area contributed by atoms with Gasteiger partial charge in [0.15, 0.2) is 31.5 Å². The minimum atomic E-state index is -1.93. The van der Waals surface area contributed by atoms with Crippen molar-refractivity contribution in [2.75, 3.05) is 33.0 Å². The van der Waals surface area contributed by atoms with E-state index >= 15 is 0 Å². The zero-order chi connectivity index (χ0) is 65.5. The number of hydrogen-bond donors (Lipinski definition) is 18. The van der Waals surface area contributed by atoms with Crippen LogP contribution in [0, 0.1) is 51.2 Å². The average Bonchev–Trinajstić information content (AvgIpc) is 1.66. The molecule has 28 heteroatoms. The van der Waals surface area contributed by atoms with Crippen LogP contribution in [0.1, 0.15) is 114 Å². The lowest BCUT2D eigenvalue weighted by Crippen LogP contribution is -2.65. The Kier molecular flexibility index (Phi) is 22.3. The van der Waals surface area contributed by atoms with Crippen LogP contribution in [0.4, 0.5) is 0 Å². The molecule has 516 valence electrons. The first-order chi connectivity index (χ1) is 41.6. The van der Waals surface area contributed by atoms with Crippen LogP contribution in [0.5, 0.6) is 0 Å². The Balaban J connectivity index is 0.883. The number of fused-ring (bicyclic) bond motifs is 5. The summed E-state index contributed by atoms with van der Waals surface area (Å²) in [5.74, 6) is -0.760. The molecule has 8 fully saturated rings. The van der Waals surface area contributed by atoms with Gasteiger partial charge in [0, 0.05) is 16.7 Å². The van der Waals surface area contributed by atoms with Gasteiger partial charge in [0.2, 0.25) is 0 Å². The van der Waals surface area contributed by atoms with Gasteiger partial charge in [-0.15, -0.1) is 0 Å². The molecule has 9 rings (SSSR count). The standard InChI is InChI=1S/C61H104O28/c1-24(10-14-37(58(5,6)79)88-56-51(89-55-50(78)45(73)41(69)31(21-64)84-55)47(75)43(71)33(86-56)23-80-52-39(67)25(2)38(66)29(19-62)82-52)26-16-17-59(7)34-13-11-27-28(61(34,9)35(65)18-60(26,59)8)12-15-36(57(27,3)4)87-54-49(77)46(74)42(70)32(85-54)22-81-53-48(76)44(72)40(68)30(20-63)83-53/h11,24-26,28-56,62-79H,10,12-23H2,1-9H3/t24-,25+,26?,28?,29-,30-,31-,32-,33-,34?,35-,36+,37-,38+,39-,40-,41-,42-,43-,44+,45+,46+,47+,48-,49-,50-,51-,52+,53-,54+,55+,56+,59+,60-,61+/m1/s1. The Bertz CT molecular complexity index is 2340. The third-order valence-electron chi connectivity index (χ3n) is 23.3. The molecule has 18 N–H and O–H groups in total. The molecule has 0 aromatic heterocycles. The van der Waals surface area contributed by atoms with Gasteiger partial charge in [0.1, 0.15) is 110 Å². The number of ether oxygens (including phenoxy) is 10. The summed E-state index contributed by atoms with van der Waals surface area (Å²) in [6.07, 6.45) is -33.6. The van der Waals surface area contributed by atoms with E-state index in [2.05, 4.69) is 33.8 Å². The van der Waals surface area contributed by atoms with Crippen molar-refractivity contribution >= 4 is 0 Å². The van der Waals surface area contributed by atoms with E-state index in [1.54, 1.807) is 0 Å². The van der Waals surface area contributed by atoms with Crippen LogP contribution < -0.4 is 0 Å². The first kappa shape index (κ1) is 71.9. The Hall–Kier alpha value is -1.38. The van der Waals surface area contributed by atoms with Gasteiger partial charge in [-0.3, -0.25) is 0 Å². The molecule has 4 aliphatic carbocycles. The molecule has 28 nitrogen and oxygen atoms in total. The monoisotopic (exact) mass is 1280 g/mol. The molecule has 5 saturated heterocycles. The zero-order valence-corrected chi connectivity index (χ0v) is 52.4. The normalized spacial score (nSPS) is 51.8. The van der Waals surface area contributed by atoms with Crippen LogP contribution in [0.2, 0.25) is 0 Å². The first-order valence-electron chi connectivity index (χ1n) is 31.9. The molecule has 9 aliphatic rings. The summed E-state index contributed by atoms with van der Waals surface area (Å²) < 4.78 is 59.8. The summed E-state index contributed by atoms with van der Waals surface area (Å²) in [7, 11) is 0. The van der Waals surface area contributed by atoms with E-state index in [-0.39, 0.29) is 40.9 Å². The summed E-state index contributed by atoms with van der Waals surface area (Å²) in [6.45, 7) is 14.5. The van der Waals surface area contributed by atoms with E-state index in [9.17, 15) is 91.9 Å². The van der Waals surface area contributed by atoms with E-state index < -0.39 is 221 Å². The first-order valence-corrected chi connectivity index (χ1v) is 31.9. The lowest BCUT2D eigenvalue weighted by atomic mass is 9.38. The van der Waals surface area contributed by atoms with Crippen LogP contribution >= 0.6 is 0 Å². The summed E-state index contributed by atoms with van der Waals surface area (Å²) >= 11 is 0. The van der Waals surface area contributed by atoms with Crippen molar-refractivity contribution in [1.29, 1.82) is 0 Å². The second kappa shape index (κ2) is 27.6. The molecular formula is C61H104O28. The van der Waals surface area contributed by atoms with Gasteiger partial charge >= 0.3 is 0 Å². The van der Waals surface area contributed by atoms with Gasteiger partial charge in [-0.25, -0.2) is 0 Å². The molecule has 3 unspecified atom stereocenters. The second-order valence-corrected chi connectivity index (χ2v) is 29.1. The van der Waals surface area contributed by atoms with Gasteiger partial charge in [-0.2, -0.15) is 0 Å². The zero-order valence-electron chi connectivity index (χ0n) is 52.4. The predicted octanol–water partition coefficient (Wildman–Crippen LogP) is -4.13. The highest BCUT2D eigenvalue weighted by Gasteiger charge is 2.70. The number of hydrogen-bond acceptors (Lipinski definition) is 28. The number of aliphatic hydroxyl groups is 18. The summed E-state index contributed by atoms with van der Waals surface area (Å²) in [5.41, 5.74) is -2.40. The summed E-state index contributed by atoms with van der Waals surface area (Å²) in [6, 6.07) is 0. The Morgan fingerprint density at radius 3 is 1.56 bits per heavy atom. The van der Waals surface area contributed by atoms with E-state index in [0.29, 0.717) is 32.1 Å². The van der Waals surface area contributed by atoms with Crippen molar-refractivity contribution in [2.45, 2.75) is 285 Å². The van der Waals surface area contributed by atoms with E-state index in [1.165, 1.54) is 20.8 Å². The van der Waals surface area contributed by atoms with Crippen LogP contribution in [0.25, 0.3) is 0 Å². The molecule has 5 heterocycles. The van der Waals surface area contributed by atoms with E-state index in [4.69, 9.17) is 47.4 Å². The van der Waals surface area contributed by atoms with Crippen LogP contribution in [0.15, 0.2) is 11.6 Å². The Morgan fingerprint density at radius 1 is 0.539 bits per heavy atom. The van der Waals surface area contributed by atoms with E-state index in [0.717, 1.165) is 18.4 Å². The topological polar surface area (TPSA) is 456 Å². The average molecular weight is 1290 g/mol. The van der Waals surface area contributed by atoms with Gasteiger partial charge in [-0.1, -0.05) is 60.1 Å². The van der Waals surface area contributed by atoms with Crippen molar-refractivity contribution < 1.29 is 139 Å². The fourth-order valence-electron chi connectivity index (χ4n) is 17.2. The molecule has 5 aliphatic heterocycles. The quantitative estimate of drug-likeness (QED) is 0.0515. The Morgan fingerprint density at radius 2 is 1.01 bits per heavy atom. The van der Waals surface area contributed by atoms with E-state index in [1.807, 2.05) is 13.8 Å². The SMILES string of the molecule is C[C@@H]1[C@@H](O)[C@@H](OC[C@H]2O[C@@H](O[C@H](CC[C@@H](C)C3CC[C@@]4(C)C5CC=C6C(CC[C@H](O[C@@H]7O[C@H](CO[C@@H]8O[C@H](CO)[C@@H](O)[C@H](O)[C@H]8O)[C@@H](O)[C@H](O)[C@H]7O)C6(C)C)[C@]5(C)[C@H](O)C[C@]34C)C(C)(C)O)[C@H](O[C@@H]3O[C@H](CO)[C@@H](O)[C@H](O)[C@H]3O)[C@@H](O)[C@@H]2O)O[C@H](CO)[C@H]1O. The number of aliphatic hydroxyl groups excluding tert-OH is 17. The predicted molar refractivity (Wildman–Crippen MR) is 303 cm³/mol. The fourth-order valence-corrected chi connectivity index (χ4v) is 17.2. The number of allylic oxidation sites excluding steroid dienone is 1. The van der Waals surface area contributed by atoms with Gasteiger partial charge in [0.05, 0.1) is 63.1 Å². The summed E-state index contributed by atoms with van der Waals surface area (Å²) in [5, 5.41) is 195. The van der Waals surface area contributed by atoms with Gasteiger partial charge < -0.3 is 139 Å². The molecule has 89 heavy (non-hydrogen) atoms. The van der Waals surface area contributed by atoms with Crippen molar-refractivity contribution in [3.63, 3.8) is 0 Å². The molecule has 0 aromatic carbocycles. The molecule has 0 spiro atoms. The molecule has 3 saturated carbocycles. The van der Waals surface area contributed by atoms with Crippen molar-refractivity contribution in [1.82, 2.24) is 0 Å². The third-order valence-corrected chi connectivity index (χ3v) is 23.3. The van der Waals surface area contributed by atoms with Gasteiger partial charge in [-0.05, 0) is 99.7 Å². The second-order valence-electron chi connectivity index (χ2n) is 29.1. The third kappa shape index (κ3) is 13.1. The minimum absolute atomic E-state index is 0.0171. The molecule has 0 bridgehead atoms. The molecular weight excluding hydrogens is 1180 g/mol. The number of rotatable bonds is 20. The van der Waals surface area contributed by atoms with Crippen LogP contribution in [0.3, 0.4) is 0 Å².